The zero-order chi connectivity index (χ0) is 20.6. The van der Waals surface area contributed by atoms with Crippen molar-refractivity contribution in [2.24, 2.45) is 11.5 Å². The van der Waals surface area contributed by atoms with Crippen LogP contribution in [0.5, 0.6) is 5.75 Å². The smallest absolute Gasteiger partial charge is 0.317 e. The Morgan fingerprint density at radius 3 is 2.41 bits per heavy atom. The fraction of sp³-hybridized carbons (Fsp3) is 0.143. The Morgan fingerprint density at radius 1 is 0.966 bits per heavy atom. The summed E-state index contributed by atoms with van der Waals surface area (Å²) in [6.45, 7) is 1.27. The SMILES string of the molecule is NC(=O)Nc1[nH]c(-c2ccccc2OCCOCc2ccccc2)cc1C(N)=O. The van der Waals surface area contributed by atoms with Crippen molar-refractivity contribution >= 4 is 17.8 Å². The fourth-order valence-corrected chi connectivity index (χ4v) is 2.81. The summed E-state index contributed by atoms with van der Waals surface area (Å²) in [4.78, 5) is 25.8. The molecule has 8 heteroatoms. The highest BCUT2D eigenvalue weighted by atomic mass is 16.5. The molecule has 1 heterocycles. The second kappa shape index (κ2) is 9.43. The molecule has 150 valence electrons. The second-order valence-corrected chi connectivity index (χ2v) is 6.21. The first-order chi connectivity index (χ1) is 14.0. The predicted molar refractivity (Wildman–Crippen MR) is 110 cm³/mol. The Morgan fingerprint density at radius 2 is 1.69 bits per heavy atom. The molecule has 0 aliphatic rings. The molecule has 29 heavy (non-hydrogen) atoms. The highest BCUT2D eigenvalue weighted by Crippen LogP contribution is 2.32. The van der Waals surface area contributed by atoms with Crippen LogP contribution in [-0.4, -0.2) is 30.1 Å². The van der Waals surface area contributed by atoms with Gasteiger partial charge in [-0.25, -0.2) is 4.79 Å². The summed E-state index contributed by atoms with van der Waals surface area (Å²) in [5, 5.41) is 2.36. The molecule has 2 aromatic carbocycles. The summed E-state index contributed by atoms with van der Waals surface area (Å²) in [5.41, 5.74) is 13.0. The molecule has 0 radical (unpaired) electrons. The Balaban J connectivity index is 1.67. The number of nitrogens with one attached hydrogen (secondary N) is 2. The fourth-order valence-electron chi connectivity index (χ4n) is 2.81. The molecule has 1 aromatic heterocycles. The molecule has 3 amide bonds. The third kappa shape index (κ3) is 5.36. The summed E-state index contributed by atoms with van der Waals surface area (Å²) in [5.74, 6) is 0.0451. The third-order valence-electron chi connectivity index (χ3n) is 4.11. The number of primary amides is 2. The van der Waals surface area contributed by atoms with Gasteiger partial charge in [-0.3, -0.25) is 10.1 Å². The van der Waals surface area contributed by atoms with E-state index < -0.39 is 11.9 Å². The number of anilines is 1. The normalized spacial score (nSPS) is 10.5. The molecule has 0 fully saturated rings. The van der Waals surface area contributed by atoms with Crippen molar-refractivity contribution in [3.8, 4) is 17.0 Å². The summed E-state index contributed by atoms with van der Waals surface area (Å²) < 4.78 is 11.5. The molecule has 0 unspecified atom stereocenters. The van der Waals surface area contributed by atoms with Crippen LogP contribution in [0.15, 0.2) is 60.7 Å². The number of para-hydroxylation sites is 1. The van der Waals surface area contributed by atoms with Crippen LogP contribution >= 0.6 is 0 Å². The van der Waals surface area contributed by atoms with Crippen molar-refractivity contribution in [1.29, 1.82) is 0 Å². The van der Waals surface area contributed by atoms with E-state index in [0.717, 1.165) is 5.56 Å². The first-order valence-corrected chi connectivity index (χ1v) is 8.97. The number of rotatable bonds is 9. The Kier molecular flexibility index (Phi) is 6.49. The zero-order valence-corrected chi connectivity index (χ0v) is 15.7. The monoisotopic (exact) mass is 394 g/mol. The van der Waals surface area contributed by atoms with E-state index >= 15 is 0 Å². The molecule has 3 aromatic rings. The van der Waals surface area contributed by atoms with Crippen molar-refractivity contribution in [3.63, 3.8) is 0 Å². The number of aromatic amines is 1. The van der Waals surface area contributed by atoms with Crippen molar-refractivity contribution in [2.45, 2.75) is 6.61 Å². The zero-order valence-electron chi connectivity index (χ0n) is 15.7. The van der Waals surface area contributed by atoms with Crippen molar-refractivity contribution in [2.75, 3.05) is 18.5 Å². The van der Waals surface area contributed by atoms with E-state index in [1.54, 1.807) is 12.1 Å². The van der Waals surface area contributed by atoms with E-state index in [0.29, 0.717) is 36.8 Å². The molecule has 0 atom stereocenters. The van der Waals surface area contributed by atoms with E-state index in [4.69, 9.17) is 20.9 Å². The van der Waals surface area contributed by atoms with E-state index in [1.807, 2.05) is 48.5 Å². The van der Waals surface area contributed by atoms with Crippen LogP contribution < -0.4 is 21.5 Å². The minimum absolute atomic E-state index is 0.125. The number of ether oxygens (including phenoxy) is 2. The Labute approximate surface area is 167 Å². The number of aromatic nitrogens is 1. The molecule has 0 saturated heterocycles. The van der Waals surface area contributed by atoms with E-state index in [9.17, 15) is 9.59 Å². The van der Waals surface area contributed by atoms with Gasteiger partial charge in [-0.05, 0) is 23.8 Å². The van der Waals surface area contributed by atoms with Crippen LogP contribution in [0.25, 0.3) is 11.3 Å². The molecule has 0 bridgehead atoms. The predicted octanol–water partition coefficient (Wildman–Crippen LogP) is 2.87. The lowest BCUT2D eigenvalue weighted by atomic mass is 10.1. The Bertz CT molecular complexity index is 985. The van der Waals surface area contributed by atoms with Gasteiger partial charge in [0.15, 0.2) is 0 Å². The van der Waals surface area contributed by atoms with Crippen molar-refractivity contribution in [1.82, 2.24) is 4.98 Å². The number of carbonyl (C=O) groups is 2. The van der Waals surface area contributed by atoms with E-state index in [1.165, 1.54) is 0 Å². The lowest BCUT2D eigenvalue weighted by Gasteiger charge is -2.11. The van der Waals surface area contributed by atoms with Gasteiger partial charge in [-0.15, -0.1) is 0 Å². The third-order valence-corrected chi connectivity index (χ3v) is 4.11. The van der Waals surface area contributed by atoms with Crippen LogP contribution in [0.2, 0.25) is 0 Å². The quantitative estimate of drug-likeness (QED) is 0.415. The lowest BCUT2D eigenvalue weighted by Crippen LogP contribution is -2.22. The molecule has 0 aliphatic heterocycles. The summed E-state index contributed by atoms with van der Waals surface area (Å²) in [6, 6.07) is 17.9. The van der Waals surface area contributed by atoms with Gasteiger partial charge < -0.3 is 25.9 Å². The van der Waals surface area contributed by atoms with E-state index in [-0.39, 0.29) is 11.4 Å². The van der Waals surface area contributed by atoms with Gasteiger partial charge in [0.1, 0.15) is 18.2 Å². The number of amides is 3. The summed E-state index contributed by atoms with van der Waals surface area (Å²) in [7, 11) is 0. The molecule has 0 aliphatic carbocycles. The van der Waals surface area contributed by atoms with Gasteiger partial charge >= 0.3 is 6.03 Å². The first kappa shape index (κ1) is 20.0. The average Bonchev–Trinajstić information content (AvgIpc) is 3.12. The van der Waals surface area contributed by atoms with Crippen molar-refractivity contribution in [3.05, 3.63) is 71.8 Å². The molecule has 0 spiro atoms. The van der Waals surface area contributed by atoms with Crippen LogP contribution in [0.4, 0.5) is 10.6 Å². The van der Waals surface area contributed by atoms with Gasteiger partial charge in [0.2, 0.25) is 0 Å². The number of hydrogen-bond donors (Lipinski definition) is 4. The van der Waals surface area contributed by atoms with Gasteiger partial charge in [-0.2, -0.15) is 0 Å². The van der Waals surface area contributed by atoms with Crippen LogP contribution in [0, 0.1) is 0 Å². The molecule has 3 rings (SSSR count). The summed E-state index contributed by atoms with van der Waals surface area (Å²) in [6.07, 6.45) is 0. The average molecular weight is 394 g/mol. The van der Waals surface area contributed by atoms with E-state index in [2.05, 4.69) is 10.3 Å². The van der Waals surface area contributed by atoms with Crippen molar-refractivity contribution < 1.29 is 19.1 Å². The topological polar surface area (TPSA) is 132 Å². The standard InChI is InChI=1S/C21H22N4O4/c22-19(26)16-12-17(24-20(16)25-21(23)27)15-8-4-5-9-18(15)29-11-10-28-13-14-6-2-1-3-7-14/h1-9,12,24H,10-11,13H2,(H2,22,26)(H3,23,25,27). The van der Waals surface area contributed by atoms with Gasteiger partial charge in [0.05, 0.1) is 24.5 Å². The second-order valence-electron chi connectivity index (χ2n) is 6.21. The number of carbonyl (C=O) groups excluding carboxylic acids is 2. The number of benzene rings is 2. The number of urea groups is 1. The number of H-pyrrole nitrogens is 1. The maximum atomic E-state index is 11.7. The van der Waals surface area contributed by atoms with Gasteiger partial charge in [-0.1, -0.05) is 42.5 Å². The maximum Gasteiger partial charge on any atom is 0.317 e. The van der Waals surface area contributed by atoms with Gasteiger partial charge in [0, 0.05) is 5.56 Å². The number of hydrogen-bond acceptors (Lipinski definition) is 4. The molecule has 6 N–H and O–H groups in total. The molecular formula is C21H22N4O4. The first-order valence-electron chi connectivity index (χ1n) is 8.97. The van der Waals surface area contributed by atoms with Crippen LogP contribution in [0.3, 0.4) is 0 Å². The minimum atomic E-state index is -0.805. The Hall–Kier alpha value is -3.78. The maximum absolute atomic E-state index is 11.7. The van der Waals surface area contributed by atoms with Crippen LogP contribution in [-0.2, 0) is 11.3 Å². The summed E-state index contributed by atoms with van der Waals surface area (Å²) >= 11 is 0. The van der Waals surface area contributed by atoms with Gasteiger partial charge in [0.25, 0.3) is 5.91 Å². The van der Waals surface area contributed by atoms with Crippen LogP contribution in [0.1, 0.15) is 15.9 Å². The molecule has 8 nitrogen and oxygen atoms in total. The minimum Gasteiger partial charge on any atom is -0.490 e. The molecule has 0 saturated carbocycles. The largest absolute Gasteiger partial charge is 0.490 e. The highest BCUT2D eigenvalue weighted by Gasteiger charge is 2.17. The lowest BCUT2D eigenvalue weighted by molar-refractivity contribution is 0.0891. The molecular weight excluding hydrogens is 372 g/mol. The highest BCUT2D eigenvalue weighted by molar-refractivity contribution is 6.03. The number of nitrogens with two attached hydrogens (primary N) is 2.